The second-order valence-corrected chi connectivity index (χ2v) is 9.59. The van der Waals surface area contributed by atoms with Crippen molar-refractivity contribution in [1.29, 1.82) is 0 Å². The molecule has 1 saturated heterocycles. The number of pyridine rings is 1. The molecule has 1 unspecified atom stereocenters. The van der Waals surface area contributed by atoms with E-state index < -0.39 is 5.60 Å². The van der Waals surface area contributed by atoms with E-state index in [4.69, 9.17) is 17.3 Å². The molecule has 2 amide bonds. The number of amides is 2. The third kappa shape index (κ3) is 5.02. The number of rotatable bonds is 5. The van der Waals surface area contributed by atoms with Gasteiger partial charge < -0.3 is 21.1 Å². The van der Waals surface area contributed by atoms with Gasteiger partial charge in [0.25, 0.3) is 0 Å². The highest BCUT2D eigenvalue weighted by Crippen LogP contribution is 2.34. The number of hydrogen-bond donors (Lipinski definition) is 3. The highest BCUT2D eigenvalue weighted by atomic mass is 35.5. The Morgan fingerprint density at radius 3 is 2.64 bits per heavy atom. The molecule has 33 heavy (non-hydrogen) atoms. The number of hydrogen-bond acceptors (Lipinski definition) is 6. The number of carbonyl (C=O) groups excluding carboxylic acids is 1. The van der Waals surface area contributed by atoms with E-state index in [1.165, 1.54) is 0 Å². The van der Waals surface area contributed by atoms with Crippen LogP contribution in [0.25, 0.3) is 22.0 Å². The number of halogens is 1. The van der Waals surface area contributed by atoms with E-state index >= 15 is 0 Å². The Kier molecular flexibility index (Phi) is 6.41. The lowest BCUT2D eigenvalue weighted by molar-refractivity contribution is 0.0687. The van der Waals surface area contributed by atoms with Crippen LogP contribution in [0, 0.1) is 5.92 Å². The van der Waals surface area contributed by atoms with Crippen molar-refractivity contribution in [2.24, 2.45) is 11.7 Å². The summed E-state index contributed by atoms with van der Waals surface area (Å²) in [4.78, 5) is 26.4. The van der Waals surface area contributed by atoms with Gasteiger partial charge in [-0.1, -0.05) is 17.7 Å². The maximum absolute atomic E-state index is 11.6. The average Bonchev–Trinajstić information content (AvgIpc) is 2.80. The minimum atomic E-state index is -1.10. The molecule has 4 N–H and O–H groups in total. The van der Waals surface area contributed by atoms with Gasteiger partial charge in [-0.25, -0.2) is 14.8 Å². The molecule has 9 heteroatoms. The molecule has 174 valence electrons. The number of aliphatic hydroxyl groups is 1. The Labute approximate surface area is 198 Å². The Morgan fingerprint density at radius 2 is 1.97 bits per heavy atom. The topological polar surface area (TPSA) is 117 Å². The Balaban J connectivity index is 1.64. The average molecular weight is 469 g/mol. The van der Waals surface area contributed by atoms with Crippen LogP contribution in [-0.4, -0.2) is 50.1 Å². The predicted molar refractivity (Wildman–Crippen MR) is 130 cm³/mol. The summed E-state index contributed by atoms with van der Waals surface area (Å²) in [6.07, 6.45) is 6.99. The molecular weight excluding hydrogens is 440 g/mol. The number of nitrogens with zero attached hydrogens (tertiary/aromatic N) is 4. The molecule has 0 spiro atoms. The third-order valence-corrected chi connectivity index (χ3v) is 6.49. The quantitative estimate of drug-likeness (QED) is 0.517. The van der Waals surface area contributed by atoms with Crippen molar-refractivity contribution >= 4 is 34.2 Å². The summed E-state index contributed by atoms with van der Waals surface area (Å²) in [7, 11) is 0. The number of fused-ring (bicyclic) bond motifs is 1. The molecule has 1 aromatic carbocycles. The molecule has 0 radical (unpaired) electrons. The van der Waals surface area contributed by atoms with Gasteiger partial charge in [0.2, 0.25) is 0 Å². The highest BCUT2D eigenvalue weighted by Gasteiger charge is 2.27. The molecule has 1 fully saturated rings. The van der Waals surface area contributed by atoms with E-state index in [0.717, 1.165) is 40.6 Å². The normalized spacial score (nSPS) is 17.7. The first-order chi connectivity index (χ1) is 15.6. The minimum Gasteiger partial charge on any atom is -0.382 e. The first-order valence-electron chi connectivity index (χ1n) is 11.1. The van der Waals surface area contributed by atoms with Gasteiger partial charge in [0.1, 0.15) is 5.60 Å². The Hall–Kier alpha value is -2.97. The molecule has 3 aromatic rings. The van der Waals surface area contributed by atoms with Crippen LogP contribution in [0.15, 0.2) is 36.8 Å². The number of carbonyl (C=O) groups is 1. The van der Waals surface area contributed by atoms with Crippen molar-refractivity contribution in [3.8, 4) is 11.1 Å². The zero-order valence-corrected chi connectivity index (χ0v) is 19.8. The van der Waals surface area contributed by atoms with Crippen molar-refractivity contribution in [3.05, 3.63) is 47.6 Å². The summed E-state index contributed by atoms with van der Waals surface area (Å²) in [5.41, 5.74) is 7.76. The number of piperidine rings is 1. The van der Waals surface area contributed by atoms with Crippen LogP contribution in [0.2, 0.25) is 5.02 Å². The zero-order chi connectivity index (χ0) is 23.8. The van der Waals surface area contributed by atoms with Gasteiger partial charge in [0.05, 0.1) is 16.2 Å². The molecule has 0 bridgehead atoms. The fourth-order valence-corrected chi connectivity index (χ4v) is 4.46. The highest BCUT2D eigenvalue weighted by molar-refractivity contribution is 6.34. The maximum atomic E-state index is 11.6. The molecule has 2 aromatic heterocycles. The van der Waals surface area contributed by atoms with Crippen molar-refractivity contribution in [3.63, 3.8) is 0 Å². The summed E-state index contributed by atoms with van der Waals surface area (Å²) in [5.74, 6) is 0.627. The lowest BCUT2D eigenvalue weighted by atomic mass is 9.91. The summed E-state index contributed by atoms with van der Waals surface area (Å²) in [6, 6.07) is 5.62. The summed E-state index contributed by atoms with van der Waals surface area (Å²) in [6.45, 7) is 6.74. The van der Waals surface area contributed by atoms with Crippen molar-refractivity contribution in [2.45, 2.75) is 45.3 Å². The lowest BCUT2D eigenvalue weighted by Gasteiger charge is -2.35. The second-order valence-electron chi connectivity index (χ2n) is 9.19. The van der Waals surface area contributed by atoms with Gasteiger partial charge in [-0.3, -0.25) is 4.98 Å². The van der Waals surface area contributed by atoms with Gasteiger partial charge in [-0.2, -0.15) is 0 Å². The monoisotopic (exact) mass is 468 g/mol. The molecule has 1 aliphatic heterocycles. The molecule has 0 saturated carbocycles. The van der Waals surface area contributed by atoms with Gasteiger partial charge in [0.15, 0.2) is 5.82 Å². The van der Waals surface area contributed by atoms with Crippen molar-refractivity contribution < 1.29 is 9.90 Å². The molecule has 0 aliphatic carbocycles. The number of likely N-dealkylation sites (tertiary alicyclic amines) is 1. The predicted octanol–water partition coefficient (Wildman–Crippen LogP) is 4.16. The molecular formula is C24H29ClN6O2. The number of anilines is 1. The number of urea groups is 1. The van der Waals surface area contributed by atoms with Crippen molar-refractivity contribution in [1.82, 2.24) is 19.9 Å². The minimum absolute atomic E-state index is 0.0771. The van der Waals surface area contributed by atoms with Gasteiger partial charge in [-0.15, -0.1) is 0 Å². The van der Waals surface area contributed by atoms with Crippen LogP contribution in [0.5, 0.6) is 0 Å². The molecule has 2 atom stereocenters. The van der Waals surface area contributed by atoms with Crippen molar-refractivity contribution in [2.75, 3.05) is 18.4 Å². The number of aromatic nitrogens is 3. The molecule has 3 heterocycles. The zero-order valence-electron chi connectivity index (χ0n) is 19.0. The van der Waals surface area contributed by atoms with E-state index in [-0.39, 0.29) is 18.0 Å². The van der Waals surface area contributed by atoms with E-state index in [1.807, 2.05) is 18.2 Å². The number of primary amides is 1. The fourth-order valence-electron chi connectivity index (χ4n) is 4.25. The van der Waals surface area contributed by atoms with Crippen LogP contribution in [0.1, 0.15) is 39.4 Å². The van der Waals surface area contributed by atoms with Crippen LogP contribution in [0.4, 0.5) is 10.5 Å². The van der Waals surface area contributed by atoms with E-state index in [1.54, 1.807) is 37.3 Å². The van der Waals surface area contributed by atoms with Gasteiger partial charge >= 0.3 is 6.03 Å². The first kappa shape index (κ1) is 23.2. The number of benzene rings is 1. The summed E-state index contributed by atoms with van der Waals surface area (Å²) in [5, 5.41) is 15.1. The van der Waals surface area contributed by atoms with E-state index in [9.17, 15) is 9.90 Å². The van der Waals surface area contributed by atoms with Crippen LogP contribution >= 0.6 is 11.6 Å². The van der Waals surface area contributed by atoms with E-state index in [0.29, 0.717) is 23.9 Å². The molecule has 4 rings (SSSR count). The third-order valence-electron chi connectivity index (χ3n) is 6.20. The fraction of sp³-hybridized carbons (Fsp3) is 0.417. The summed E-state index contributed by atoms with van der Waals surface area (Å²) < 4.78 is 0. The van der Waals surface area contributed by atoms with Gasteiger partial charge in [-0.05, 0) is 57.2 Å². The smallest absolute Gasteiger partial charge is 0.314 e. The standard InChI is InChI=1S/C24H29ClN6O2/c1-14(16-5-4-8-31(13-16)23(26)32)30-21-18-9-15(6-7-20(18)27-12-19(21)25)17-10-28-22(29-11-17)24(2,3)33/h6-7,9-12,14,16,33H,4-5,8,13H2,1-3H3,(H2,26,32)(H,27,30)/t14?,16-/m1/s1. The SMILES string of the molecule is CC(Nc1c(Cl)cnc2ccc(-c3cnc(C(C)(C)O)nc3)cc12)[C@@H]1CCCN(C(N)=O)C1. The first-order valence-corrected chi connectivity index (χ1v) is 11.5. The number of nitrogens with one attached hydrogen (secondary N) is 1. The molecule has 8 nitrogen and oxygen atoms in total. The molecule has 1 aliphatic rings. The largest absolute Gasteiger partial charge is 0.382 e. The van der Waals surface area contributed by atoms with Crippen LogP contribution < -0.4 is 11.1 Å². The second kappa shape index (κ2) is 9.11. The Morgan fingerprint density at radius 1 is 1.24 bits per heavy atom. The maximum Gasteiger partial charge on any atom is 0.314 e. The van der Waals surface area contributed by atoms with Gasteiger partial charge in [0, 0.05) is 48.7 Å². The van der Waals surface area contributed by atoms with Crippen LogP contribution in [0.3, 0.4) is 0 Å². The lowest BCUT2D eigenvalue weighted by Crippen LogP contribution is -2.46. The summed E-state index contributed by atoms with van der Waals surface area (Å²) >= 11 is 6.57. The number of nitrogens with two attached hydrogens (primary N) is 1. The Bertz CT molecular complexity index is 1160. The van der Waals surface area contributed by atoms with Crippen LogP contribution in [-0.2, 0) is 5.60 Å². The van der Waals surface area contributed by atoms with E-state index in [2.05, 4.69) is 27.2 Å².